The molecule has 1 heterocycles. The number of nitrogens with two attached hydrogens (primary N) is 1. The van der Waals surface area contributed by atoms with E-state index >= 15 is 0 Å². The highest BCUT2D eigenvalue weighted by Gasteiger charge is 2.45. The molecule has 0 aromatic heterocycles. The molecular formula is C29H29F3N4O3S. The number of carbonyl (C=O) groups excluding carboxylic acids is 1. The molecule has 1 fully saturated rings. The molecule has 3 aromatic carbocycles. The van der Waals surface area contributed by atoms with E-state index in [0.717, 1.165) is 0 Å². The molecule has 0 bridgehead atoms. The molecule has 1 aliphatic rings. The van der Waals surface area contributed by atoms with E-state index in [4.69, 9.17) is 5.73 Å². The van der Waals surface area contributed by atoms with Crippen LogP contribution in [0.4, 0.5) is 24.5 Å². The van der Waals surface area contributed by atoms with Crippen LogP contribution in [-0.4, -0.2) is 56.5 Å². The van der Waals surface area contributed by atoms with E-state index in [0.29, 0.717) is 11.1 Å². The predicted octanol–water partition coefficient (Wildman–Crippen LogP) is 5.33. The Bertz CT molecular complexity index is 1480. The number of anilines is 2. The lowest BCUT2D eigenvalue weighted by atomic mass is 10.0. The monoisotopic (exact) mass is 570 g/mol. The van der Waals surface area contributed by atoms with Crippen LogP contribution in [0.2, 0.25) is 0 Å². The predicted molar refractivity (Wildman–Crippen MR) is 150 cm³/mol. The lowest BCUT2D eigenvalue weighted by Gasteiger charge is -2.40. The minimum atomic E-state index is -4.45. The van der Waals surface area contributed by atoms with Crippen molar-refractivity contribution in [1.29, 1.82) is 0 Å². The highest BCUT2D eigenvalue weighted by Crippen LogP contribution is 2.38. The summed E-state index contributed by atoms with van der Waals surface area (Å²) in [6.45, 7) is 3.96. The topological polar surface area (TPSA) is 95.7 Å². The first-order chi connectivity index (χ1) is 19.0. The fourth-order valence-electron chi connectivity index (χ4n) is 4.61. The zero-order valence-corrected chi connectivity index (χ0v) is 22.3. The Morgan fingerprint density at radius 2 is 1.60 bits per heavy atom. The average Bonchev–Trinajstić information content (AvgIpc) is 2.92. The number of hydrogen-bond acceptors (Lipinski definition) is 5. The number of sulfonamides is 1. The van der Waals surface area contributed by atoms with E-state index in [2.05, 4.69) is 11.3 Å². The second kappa shape index (κ2) is 12.0. The summed E-state index contributed by atoms with van der Waals surface area (Å²) in [6.07, 6.45) is 0.381. The van der Waals surface area contributed by atoms with Crippen LogP contribution >= 0.6 is 0 Å². The quantitative estimate of drug-likeness (QED) is 0.282. The van der Waals surface area contributed by atoms with Gasteiger partial charge in [0.25, 0.3) is 15.9 Å². The van der Waals surface area contributed by atoms with Crippen LogP contribution in [0, 0.1) is 0 Å². The summed E-state index contributed by atoms with van der Waals surface area (Å²) >= 11 is 0. The lowest BCUT2D eigenvalue weighted by molar-refractivity contribution is -0.189. The number of piperazine rings is 1. The Hall–Kier alpha value is -4.09. The number of alkyl halides is 3. The van der Waals surface area contributed by atoms with Gasteiger partial charge in [-0.15, -0.1) is 0 Å². The minimum absolute atomic E-state index is 0.0607. The number of rotatable bonds is 8. The number of para-hydroxylation sites is 1. The van der Waals surface area contributed by atoms with Crippen LogP contribution in [0.25, 0.3) is 6.08 Å². The molecule has 3 N–H and O–H groups in total. The fourth-order valence-corrected chi connectivity index (χ4v) is 5.83. The third-order valence-corrected chi connectivity index (χ3v) is 8.02. The molecule has 0 spiro atoms. The molecule has 4 rings (SSSR count). The normalized spacial score (nSPS) is 15.6. The van der Waals surface area contributed by atoms with Crippen LogP contribution in [0.15, 0.2) is 96.4 Å². The van der Waals surface area contributed by atoms with Gasteiger partial charge in [-0.3, -0.25) is 14.4 Å². The van der Waals surface area contributed by atoms with Gasteiger partial charge in [-0.25, -0.2) is 8.42 Å². The first-order valence-corrected chi connectivity index (χ1v) is 13.9. The molecule has 210 valence electrons. The summed E-state index contributed by atoms with van der Waals surface area (Å²) in [7, 11) is -4.02. The summed E-state index contributed by atoms with van der Waals surface area (Å²) in [4.78, 5) is 15.8. The van der Waals surface area contributed by atoms with Crippen molar-refractivity contribution in [1.82, 2.24) is 9.80 Å². The number of nitrogens with one attached hydrogen (secondary N) is 1. The van der Waals surface area contributed by atoms with E-state index in [1.165, 1.54) is 52.3 Å². The van der Waals surface area contributed by atoms with E-state index in [1.54, 1.807) is 48.6 Å². The zero-order valence-electron chi connectivity index (χ0n) is 21.5. The summed E-state index contributed by atoms with van der Waals surface area (Å²) in [5.74, 6) is -0.344. The Morgan fingerprint density at radius 1 is 0.950 bits per heavy atom. The number of nitrogen functional groups attached to an aromatic ring is 1. The molecule has 1 atom stereocenters. The molecule has 1 unspecified atom stereocenters. The van der Waals surface area contributed by atoms with Gasteiger partial charge in [0.15, 0.2) is 0 Å². The molecular weight excluding hydrogens is 541 g/mol. The van der Waals surface area contributed by atoms with E-state index in [-0.39, 0.29) is 53.9 Å². The van der Waals surface area contributed by atoms with Gasteiger partial charge in [-0.2, -0.15) is 13.2 Å². The Morgan fingerprint density at radius 3 is 2.20 bits per heavy atom. The number of benzene rings is 3. The van der Waals surface area contributed by atoms with Crippen LogP contribution < -0.4 is 10.5 Å². The Kier molecular flexibility index (Phi) is 8.65. The van der Waals surface area contributed by atoms with E-state index in [9.17, 15) is 26.4 Å². The van der Waals surface area contributed by atoms with E-state index in [1.807, 2.05) is 0 Å². The number of hydrogen-bond donors (Lipinski definition) is 2. The van der Waals surface area contributed by atoms with Gasteiger partial charge in [0.1, 0.15) is 10.9 Å². The highest BCUT2D eigenvalue weighted by atomic mass is 32.2. The first kappa shape index (κ1) is 28.9. The standard InChI is InChI=1S/C29H29F3N4O3S/c1-2-3-8-21-11-7-12-25(26(21)33)40(38,39)34-24-15-13-23(14-16-24)28(37)36-19-17-35(18-20-36)27(29(30,31)32)22-9-5-4-6-10-22/h2-16,27,34H,1,17-20,33H2/b8-3-. The van der Waals surface area contributed by atoms with Crippen molar-refractivity contribution in [2.24, 2.45) is 0 Å². The number of allylic oxidation sites excluding steroid dienone is 2. The van der Waals surface area contributed by atoms with Crippen molar-refractivity contribution in [2.45, 2.75) is 17.1 Å². The van der Waals surface area contributed by atoms with Gasteiger partial charge in [0.05, 0.1) is 5.69 Å². The molecule has 7 nitrogen and oxygen atoms in total. The van der Waals surface area contributed by atoms with Crippen LogP contribution in [0.3, 0.4) is 0 Å². The largest absolute Gasteiger partial charge is 0.408 e. The number of nitrogens with zero attached hydrogens (tertiary/aromatic N) is 2. The van der Waals surface area contributed by atoms with Crippen molar-refractivity contribution in [3.05, 3.63) is 108 Å². The molecule has 0 aliphatic carbocycles. The summed E-state index contributed by atoms with van der Waals surface area (Å²) in [5, 5.41) is 0. The van der Waals surface area contributed by atoms with Gasteiger partial charge < -0.3 is 10.6 Å². The molecule has 0 radical (unpaired) electrons. The first-order valence-electron chi connectivity index (χ1n) is 12.5. The third-order valence-electron chi connectivity index (χ3n) is 6.58. The minimum Gasteiger partial charge on any atom is -0.397 e. The van der Waals surface area contributed by atoms with Crippen molar-refractivity contribution in [3.63, 3.8) is 0 Å². The molecule has 11 heteroatoms. The van der Waals surface area contributed by atoms with Gasteiger partial charge in [-0.1, -0.05) is 67.3 Å². The SMILES string of the molecule is C=C/C=C\c1cccc(S(=O)(=O)Nc2ccc(C(=O)N3CCN(C(c4ccccc4)C(F)(F)F)CC3)cc2)c1N. The van der Waals surface area contributed by atoms with Crippen molar-refractivity contribution >= 4 is 33.4 Å². The summed E-state index contributed by atoms with van der Waals surface area (Å²) in [5.41, 5.74) is 7.36. The summed E-state index contributed by atoms with van der Waals surface area (Å²) < 4.78 is 70.1. The average molecular weight is 571 g/mol. The molecule has 1 aliphatic heterocycles. The lowest BCUT2D eigenvalue weighted by Crippen LogP contribution is -2.52. The number of halogens is 3. The Labute approximate surface area is 231 Å². The molecule has 40 heavy (non-hydrogen) atoms. The molecule has 1 amide bonds. The van der Waals surface area contributed by atoms with Gasteiger partial charge in [0, 0.05) is 37.4 Å². The van der Waals surface area contributed by atoms with Crippen LogP contribution in [0.5, 0.6) is 0 Å². The maximum atomic E-state index is 13.9. The number of amides is 1. The van der Waals surface area contributed by atoms with Crippen LogP contribution in [-0.2, 0) is 10.0 Å². The Balaban J connectivity index is 1.42. The summed E-state index contributed by atoms with van der Waals surface area (Å²) in [6, 6.07) is 16.5. The number of carbonyl (C=O) groups is 1. The van der Waals surface area contributed by atoms with Crippen molar-refractivity contribution < 1.29 is 26.4 Å². The van der Waals surface area contributed by atoms with Gasteiger partial charge >= 0.3 is 6.18 Å². The fraction of sp³-hybridized carbons (Fsp3) is 0.207. The molecule has 1 saturated heterocycles. The van der Waals surface area contributed by atoms with E-state index < -0.39 is 22.2 Å². The molecule has 3 aromatic rings. The van der Waals surface area contributed by atoms with Crippen molar-refractivity contribution in [3.8, 4) is 0 Å². The van der Waals surface area contributed by atoms with Crippen LogP contribution in [0.1, 0.15) is 27.5 Å². The second-order valence-corrected chi connectivity index (χ2v) is 10.9. The maximum absolute atomic E-state index is 13.9. The van der Waals surface area contributed by atoms with Gasteiger partial charge in [-0.05, 0) is 41.5 Å². The second-order valence-electron chi connectivity index (χ2n) is 9.22. The van der Waals surface area contributed by atoms with Crippen molar-refractivity contribution in [2.75, 3.05) is 36.6 Å². The maximum Gasteiger partial charge on any atom is 0.408 e. The third kappa shape index (κ3) is 6.54. The van der Waals surface area contributed by atoms with Gasteiger partial charge in [0.2, 0.25) is 0 Å². The smallest absolute Gasteiger partial charge is 0.397 e. The molecule has 0 saturated carbocycles. The highest BCUT2D eigenvalue weighted by molar-refractivity contribution is 7.92. The zero-order chi connectivity index (χ0) is 28.9.